The first-order chi connectivity index (χ1) is 39.7. The Morgan fingerprint density at radius 1 is 0.384 bits per heavy atom. The molecule has 1 fully saturated rings. The van der Waals surface area contributed by atoms with Crippen LogP contribution in [0.15, 0.2) is 12.2 Å². The Morgan fingerprint density at radius 3 is 1.17 bits per heavy atom. The van der Waals surface area contributed by atoms with Crippen LogP contribution >= 0.6 is 0 Å². The molecule has 0 radical (unpaired) electrons. The van der Waals surface area contributed by atoms with Crippen molar-refractivity contribution < 1.29 is 52.7 Å². The van der Waals surface area contributed by atoms with Crippen molar-refractivity contribution in [1.82, 2.24) is 55.6 Å². The Morgan fingerprint density at radius 2 is 0.744 bits per heavy atom. The summed E-state index contributed by atoms with van der Waals surface area (Å²) in [6.07, 6.45) is 6.30. The van der Waals surface area contributed by atoms with E-state index in [1.807, 2.05) is 81.4 Å². The molecule has 0 saturated carbocycles. The molecule has 1 rings (SSSR count). The van der Waals surface area contributed by atoms with Crippen LogP contribution < -0.4 is 21.3 Å². The minimum Gasteiger partial charge on any atom is -0.343 e. The first kappa shape index (κ1) is 77.9. The van der Waals surface area contributed by atoms with E-state index < -0.39 is 150 Å². The van der Waals surface area contributed by atoms with Gasteiger partial charge >= 0.3 is 0 Å². The van der Waals surface area contributed by atoms with Crippen molar-refractivity contribution >= 4 is 65.0 Å². The number of amides is 11. The molecular weight excluding hydrogens is 1100 g/mol. The number of likely N-dealkylation sites (N-methyl/N-ethyl adjacent to an activating group) is 7. The van der Waals surface area contributed by atoms with Crippen molar-refractivity contribution in [2.75, 3.05) is 55.9 Å². The Kier molecular flexibility index (Phi) is 32.3. The van der Waals surface area contributed by atoms with Crippen molar-refractivity contribution in [2.24, 2.45) is 47.3 Å². The molecule has 4 N–H and O–H groups in total. The highest BCUT2D eigenvalue weighted by molar-refractivity contribution is 5.99. The molecule has 11 amide bonds. The van der Waals surface area contributed by atoms with E-state index in [9.17, 15) is 43.2 Å². The van der Waals surface area contributed by atoms with Crippen LogP contribution in [-0.2, 0) is 52.7 Å². The van der Waals surface area contributed by atoms with Crippen molar-refractivity contribution in [1.29, 1.82) is 0 Å². The maximum absolute atomic E-state index is 15.2. The van der Waals surface area contributed by atoms with Gasteiger partial charge < -0.3 is 55.6 Å². The van der Waals surface area contributed by atoms with Gasteiger partial charge in [-0.2, -0.15) is 0 Å². The molecule has 1 saturated heterocycles. The summed E-state index contributed by atoms with van der Waals surface area (Å²) in [5.74, 6) is -8.84. The average Bonchev–Trinajstić information content (AvgIpc) is 2.42. The maximum Gasteiger partial charge on any atom is 0.246 e. The van der Waals surface area contributed by atoms with Gasteiger partial charge in [-0.1, -0.05) is 123 Å². The van der Waals surface area contributed by atoms with E-state index in [1.165, 1.54) is 97.5 Å². The molecule has 0 spiro atoms. The third-order valence-electron chi connectivity index (χ3n) is 16.3. The third kappa shape index (κ3) is 22.6. The summed E-state index contributed by atoms with van der Waals surface area (Å²) in [5.41, 5.74) is 0. The molecule has 1 aliphatic rings. The highest BCUT2D eigenvalue weighted by Crippen LogP contribution is 2.26. The Hall–Kier alpha value is -6.09. The van der Waals surface area contributed by atoms with Gasteiger partial charge in [0.2, 0.25) is 65.0 Å². The first-order valence-electron chi connectivity index (χ1n) is 31.4. The van der Waals surface area contributed by atoms with Gasteiger partial charge in [0.25, 0.3) is 0 Å². The standard InChI is InChI=1S/C64H115N11O11/c1-26-27-28-29-43(16)34-48-58(80)67-52(40(10)11)62(84)69(19)35-51(76)70(20)46(30-36(2)3)57(79)68-53(41(12)13)63(85)71(21)47(31-37(4)5)56(78)65-44(17)55(77)66-45(18)59(81)73(23)49(32-38(6)7)60(82)74(24)50(33-39(8)9)61(83)75(25)54(42(14)15)64(86)72(48)22/h27-28,36-50,52-54H,26,29-35H2,1-25H3,(H,65,78)(H,66,77)(H,67,80)(H,68,79)/b28-27+/t43-,44+,45-,46-,47-,48+,49+,50+,52+,53+,54+/m1/s1. The Bertz CT molecular complexity index is 2340. The number of hydrogen-bond acceptors (Lipinski definition) is 11. The van der Waals surface area contributed by atoms with Crippen LogP contribution in [0.5, 0.6) is 0 Å². The van der Waals surface area contributed by atoms with E-state index in [1.54, 1.807) is 41.5 Å². The number of carbonyl (C=O) groups excluding carboxylic acids is 11. The molecule has 86 heavy (non-hydrogen) atoms. The molecule has 1 heterocycles. The number of nitrogens with one attached hydrogen (secondary N) is 4. The fourth-order valence-electron chi connectivity index (χ4n) is 10.9. The van der Waals surface area contributed by atoms with Gasteiger partial charge in [-0.15, -0.1) is 0 Å². The van der Waals surface area contributed by atoms with Gasteiger partial charge in [0, 0.05) is 49.3 Å². The van der Waals surface area contributed by atoms with E-state index in [0.717, 1.165) is 6.42 Å². The van der Waals surface area contributed by atoms with Gasteiger partial charge in [0.05, 0.1) is 6.54 Å². The zero-order valence-corrected chi connectivity index (χ0v) is 57.3. The van der Waals surface area contributed by atoms with Gasteiger partial charge in [0.1, 0.15) is 60.4 Å². The van der Waals surface area contributed by atoms with E-state index >= 15 is 9.59 Å². The molecule has 1 aliphatic heterocycles. The number of rotatable bonds is 16. The second kappa shape index (κ2) is 35.7. The summed E-state index contributed by atoms with van der Waals surface area (Å²) in [7, 11) is 10.3. The smallest absolute Gasteiger partial charge is 0.246 e. The molecule has 0 aromatic heterocycles. The molecule has 0 bridgehead atoms. The van der Waals surface area contributed by atoms with Crippen molar-refractivity contribution in [3.8, 4) is 0 Å². The van der Waals surface area contributed by atoms with Gasteiger partial charge in [0.15, 0.2) is 0 Å². The maximum atomic E-state index is 15.2. The second-order valence-corrected chi connectivity index (χ2v) is 27.1. The Labute approximate surface area is 516 Å². The summed E-state index contributed by atoms with van der Waals surface area (Å²) in [6.45, 7) is 32.0. The second-order valence-electron chi connectivity index (χ2n) is 27.1. The van der Waals surface area contributed by atoms with Crippen molar-refractivity contribution in [2.45, 2.75) is 230 Å². The van der Waals surface area contributed by atoms with E-state index in [-0.39, 0.29) is 61.7 Å². The average molecular weight is 1210 g/mol. The molecule has 11 atom stereocenters. The number of allylic oxidation sites excluding steroid dienone is 2. The number of carbonyl (C=O) groups is 11. The fourth-order valence-corrected chi connectivity index (χ4v) is 10.9. The monoisotopic (exact) mass is 1210 g/mol. The SMILES string of the molecule is CC/C=C/C[C@@H](C)C[C@H]1C(=O)N[C@@H](C(C)C)C(=O)N(C)CC(=O)N(C)[C@H](CC(C)C)C(=O)N[C@@H](C(C)C)C(=O)N(C)[C@H](CC(C)C)C(=O)N[C@@H](C)C(=O)N[C@H](C)C(=O)N(C)[C@@H](CC(C)C)C(=O)N(C)[C@@H](CC(C)C)C(=O)N(C)[C@@H](C(C)C)C(=O)N1C. The number of nitrogens with zero attached hydrogens (tertiary/aromatic N) is 7. The van der Waals surface area contributed by atoms with Crippen molar-refractivity contribution in [3.05, 3.63) is 12.2 Å². The summed E-state index contributed by atoms with van der Waals surface area (Å²) in [6, 6.07) is -11.5. The predicted molar refractivity (Wildman–Crippen MR) is 336 cm³/mol. The quantitative estimate of drug-likeness (QED) is 0.151. The van der Waals surface area contributed by atoms with Gasteiger partial charge in [-0.05, 0) is 106 Å². The van der Waals surface area contributed by atoms with Crippen LogP contribution in [0.2, 0.25) is 0 Å². The van der Waals surface area contributed by atoms with E-state index in [2.05, 4.69) is 21.3 Å². The number of hydrogen-bond donors (Lipinski definition) is 4. The highest BCUT2D eigenvalue weighted by Gasteiger charge is 2.44. The minimum absolute atomic E-state index is 0.118. The molecule has 22 heteroatoms. The van der Waals surface area contributed by atoms with Gasteiger partial charge in [-0.25, -0.2) is 0 Å². The molecule has 0 unspecified atom stereocenters. The fraction of sp³-hybridized carbons (Fsp3) is 0.797. The van der Waals surface area contributed by atoms with Crippen LogP contribution in [0.25, 0.3) is 0 Å². The van der Waals surface area contributed by atoms with Crippen LogP contribution in [0.3, 0.4) is 0 Å². The van der Waals surface area contributed by atoms with Crippen LogP contribution in [0, 0.1) is 47.3 Å². The zero-order chi connectivity index (χ0) is 66.7. The predicted octanol–water partition coefficient (Wildman–Crippen LogP) is 4.93. The summed E-state index contributed by atoms with van der Waals surface area (Å²) in [4.78, 5) is 170. The lowest BCUT2D eigenvalue weighted by Crippen LogP contribution is -2.62. The zero-order valence-electron chi connectivity index (χ0n) is 57.3. The van der Waals surface area contributed by atoms with Crippen LogP contribution in [0.4, 0.5) is 0 Å². The lowest BCUT2D eigenvalue weighted by Gasteiger charge is -2.41. The van der Waals surface area contributed by atoms with Crippen molar-refractivity contribution in [3.63, 3.8) is 0 Å². The molecule has 492 valence electrons. The largest absolute Gasteiger partial charge is 0.343 e. The molecule has 0 aliphatic carbocycles. The summed E-state index contributed by atoms with van der Waals surface area (Å²) >= 11 is 0. The minimum atomic E-state index is -1.21. The third-order valence-corrected chi connectivity index (χ3v) is 16.3. The molecule has 0 aromatic rings. The summed E-state index contributed by atoms with van der Waals surface area (Å²) < 4.78 is 0. The highest BCUT2D eigenvalue weighted by atomic mass is 16.2. The first-order valence-corrected chi connectivity index (χ1v) is 31.4. The Balaban J connectivity index is 4.33. The molecular formula is C64H115N11O11. The molecule has 0 aromatic carbocycles. The lowest BCUT2D eigenvalue weighted by molar-refractivity contribution is -0.156. The van der Waals surface area contributed by atoms with E-state index in [0.29, 0.717) is 6.42 Å². The topological polar surface area (TPSA) is 259 Å². The normalized spacial score (nSPS) is 26.4. The van der Waals surface area contributed by atoms with Gasteiger partial charge in [-0.3, -0.25) is 52.7 Å². The van der Waals surface area contributed by atoms with E-state index in [4.69, 9.17) is 0 Å². The lowest BCUT2D eigenvalue weighted by atomic mass is 9.93. The molecule has 22 nitrogen and oxygen atoms in total. The van der Waals surface area contributed by atoms with Crippen LogP contribution in [-0.4, -0.2) is 216 Å². The van der Waals surface area contributed by atoms with Crippen LogP contribution in [0.1, 0.15) is 170 Å². The summed E-state index contributed by atoms with van der Waals surface area (Å²) in [5, 5.41) is 11.2.